The van der Waals surface area contributed by atoms with Gasteiger partial charge in [-0.05, 0) is 30.5 Å². The highest BCUT2D eigenvalue weighted by Gasteiger charge is 2.25. The third-order valence-electron chi connectivity index (χ3n) is 4.91. The second kappa shape index (κ2) is 9.38. The lowest BCUT2D eigenvalue weighted by atomic mass is 9.95. The Morgan fingerprint density at radius 1 is 1.14 bits per heavy atom. The molecule has 0 bridgehead atoms. The lowest BCUT2D eigenvalue weighted by molar-refractivity contribution is 0.0924. The largest absolute Gasteiger partial charge is 0.349 e. The van der Waals surface area contributed by atoms with Gasteiger partial charge in [0.15, 0.2) is 0 Å². The van der Waals surface area contributed by atoms with Crippen molar-refractivity contribution >= 4 is 38.3 Å². The number of carbonyl (C=O) groups excluding carboxylic acids is 1. The molecule has 2 aromatic rings. The number of sulfonamides is 1. The zero-order valence-electron chi connectivity index (χ0n) is 15.8. The molecule has 1 aliphatic rings. The number of hydrogen-bond donors (Lipinski definition) is 2. The van der Waals surface area contributed by atoms with Crippen molar-refractivity contribution in [1.29, 1.82) is 0 Å². The molecule has 1 amide bonds. The highest BCUT2D eigenvalue weighted by Crippen LogP contribution is 2.29. The monoisotopic (exact) mass is 454 g/mol. The standard InChI is InChI=1S/C20H23ClN2O4S2/c21-17-12-18(28(25)13-14-7-3-1-4-8-14)16(11-19(17)29(22,26)27)20(24)23-15-9-5-2-6-10-15/h1,3-4,7-8,11-12,15H,2,5-6,9-10,13H2,(H,23,24)(H2,22,26,27). The van der Waals surface area contributed by atoms with Crippen LogP contribution in [-0.4, -0.2) is 24.6 Å². The number of primary sulfonamides is 1. The number of nitrogens with two attached hydrogens (primary N) is 1. The van der Waals surface area contributed by atoms with E-state index in [4.69, 9.17) is 16.7 Å². The molecule has 1 saturated carbocycles. The first-order valence-electron chi connectivity index (χ1n) is 9.35. The number of halogens is 1. The summed E-state index contributed by atoms with van der Waals surface area (Å²) in [5.74, 6) is -0.287. The summed E-state index contributed by atoms with van der Waals surface area (Å²) in [7, 11) is -5.73. The van der Waals surface area contributed by atoms with Crippen molar-refractivity contribution in [3.63, 3.8) is 0 Å². The summed E-state index contributed by atoms with van der Waals surface area (Å²) in [4.78, 5) is 12.8. The van der Waals surface area contributed by atoms with Gasteiger partial charge >= 0.3 is 0 Å². The average molecular weight is 455 g/mol. The van der Waals surface area contributed by atoms with E-state index in [0.717, 1.165) is 43.7 Å². The number of benzene rings is 2. The maximum Gasteiger partial charge on any atom is 0.252 e. The zero-order chi connectivity index (χ0) is 21.0. The lowest BCUT2D eigenvalue weighted by Gasteiger charge is -2.23. The van der Waals surface area contributed by atoms with Gasteiger partial charge in [-0.3, -0.25) is 9.00 Å². The Bertz CT molecular complexity index is 1020. The fourth-order valence-electron chi connectivity index (χ4n) is 3.43. The topological polar surface area (TPSA) is 106 Å². The molecule has 0 heterocycles. The Balaban J connectivity index is 1.98. The molecule has 1 aliphatic carbocycles. The number of amides is 1. The average Bonchev–Trinajstić information content (AvgIpc) is 2.68. The minimum atomic E-state index is -4.13. The van der Waals surface area contributed by atoms with E-state index in [1.807, 2.05) is 30.3 Å². The van der Waals surface area contributed by atoms with E-state index in [1.54, 1.807) is 0 Å². The Morgan fingerprint density at radius 3 is 2.41 bits per heavy atom. The Kier molecular flexibility index (Phi) is 7.10. The molecule has 9 heteroatoms. The van der Waals surface area contributed by atoms with Crippen molar-refractivity contribution in [2.45, 2.75) is 53.7 Å². The summed E-state index contributed by atoms with van der Waals surface area (Å²) in [6.07, 6.45) is 4.92. The van der Waals surface area contributed by atoms with Crippen molar-refractivity contribution in [2.75, 3.05) is 0 Å². The van der Waals surface area contributed by atoms with Crippen LogP contribution in [0.15, 0.2) is 52.3 Å². The third-order valence-corrected chi connectivity index (χ3v) is 7.71. The second-order valence-corrected chi connectivity index (χ2v) is 10.5. The van der Waals surface area contributed by atoms with Gasteiger partial charge in [0.2, 0.25) is 10.0 Å². The van der Waals surface area contributed by atoms with Crippen molar-refractivity contribution in [3.8, 4) is 0 Å². The molecule has 156 valence electrons. The van der Waals surface area contributed by atoms with E-state index in [1.165, 1.54) is 6.07 Å². The number of hydrogen-bond acceptors (Lipinski definition) is 4. The van der Waals surface area contributed by atoms with Gasteiger partial charge in [-0.15, -0.1) is 0 Å². The molecule has 3 rings (SSSR count). The van der Waals surface area contributed by atoms with Gasteiger partial charge in [0.25, 0.3) is 5.91 Å². The van der Waals surface area contributed by atoms with E-state index >= 15 is 0 Å². The molecule has 1 atom stereocenters. The quantitative estimate of drug-likeness (QED) is 0.697. The molecule has 3 N–H and O–H groups in total. The van der Waals surface area contributed by atoms with E-state index in [0.29, 0.717) is 0 Å². The molecule has 1 unspecified atom stereocenters. The van der Waals surface area contributed by atoms with Gasteiger partial charge in [0, 0.05) is 6.04 Å². The van der Waals surface area contributed by atoms with E-state index in [-0.39, 0.29) is 32.2 Å². The molecule has 2 aromatic carbocycles. The van der Waals surface area contributed by atoms with Gasteiger partial charge in [-0.2, -0.15) is 0 Å². The van der Waals surface area contributed by atoms with Gasteiger partial charge in [0.05, 0.1) is 32.0 Å². The van der Waals surface area contributed by atoms with E-state index in [2.05, 4.69) is 5.32 Å². The van der Waals surface area contributed by atoms with Crippen molar-refractivity contribution in [2.24, 2.45) is 5.14 Å². The summed E-state index contributed by atoms with van der Waals surface area (Å²) in [6.45, 7) is 0. The maximum atomic E-state index is 13.0. The van der Waals surface area contributed by atoms with Crippen molar-refractivity contribution in [1.82, 2.24) is 5.32 Å². The number of carbonyl (C=O) groups is 1. The number of nitrogens with one attached hydrogen (secondary N) is 1. The molecule has 29 heavy (non-hydrogen) atoms. The Hall–Kier alpha value is -1.74. The van der Waals surface area contributed by atoms with E-state index < -0.39 is 26.7 Å². The molecule has 0 saturated heterocycles. The Labute approximate surface area is 178 Å². The number of rotatable bonds is 6. The SMILES string of the molecule is NS(=O)(=O)c1cc(C(=O)NC2CCCCC2)c(S(=O)Cc2ccccc2)cc1Cl. The molecule has 0 aliphatic heterocycles. The summed E-state index contributed by atoms with van der Waals surface area (Å²) in [6, 6.07) is 11.6. The zero-order valence-corrected chi connectivity index (χ0v) is 18.2. The first kappa shape index (κ1) is 22.0. The van der Waals surface area contributed by atoms with Crippen LogP contribution in [0.4, 0.5) is 0 Å². The van der Waals surface area contributed by atoms with Gasteiger partial charge in [0.1, 0.15) is 4.90 Å². The molecular weight excluding hydrogens is 432 g/mol. The van der Waals surface area contributed by atoms with Crippen LogP contribution < -0.4 is 10.5 Å². The summed E-state index contributed by atoms with van der Waals surface area (Å²) >= 11 is 6.10. The summed E-state index contributed by atoms with van der Waals surface area (Å²) < 4.78 is 36.8. The Morgan fingerprint density at radius 2 is 1.79 bits per heavy atom. The molecule has 0 radical (unpaired) electrons. The molecule has 0 aromatic heterocycles. The highest BCUT2D eigenvalue weighted by atomic mass is 35.5. The van der Waals surface area contributed by atoms with Crippen molar-refractivity contribution < 1.29 is 17.4 Å². The van der Waals surface area contributed by atoms with Crippen LogP contribution in [0.3, 0.4) is 0 Å². The van der Waals surface area contributed by atoms with Crippen LogP contribution in [0.1, 0.15) is 48.0 Å². The highest BCUT2D eigenvalue weighted by molar-refractivity contribution is 7.89. The van der Waals surface area contributed by atoms with Crippen LogP contribution >= 0.6 is 11.6 Å². The molecule has 0 spiro atoms. The lowest BCUT2D eigenvalue weighted by Crippen LogP contribution is -2.36. The van der Waals surface area contributed by atoms with Crippen LogP contribution in [0.25, 0.3) is 0 Å². The van der Waals surface area contributed by atoms with Crippen LogP contribution in [-0.2, 0) is 26.6 Å². The van der Waals surface area contributed by atoms with Gasteiger partial charge < -0.3 is 5.32 Å². The first-order valence-corrected chi connectivity index (χ1v) is 12.6. The summed E-state index contributed by atoms with van der Waals surface area (Å²) in [5.41, 5.74) is 0.856. The predicted octanol–water partition coefficient (Wildman–Crippen LogP) is 3.36. The molecular formula is C20H23ClN2O4S2. The third kappa shape index (κ3) is 5.66. The second-order valence-electron chi connectivity index (χ2n) is 7.11. The fourth-order valence-corrected chi connectivity index (χ4v) is 5.89. The van der Waals surface area contributed by atoms with Crippen LogP contribution in [0, 0.1) is 0 Å². The normalized spacial score (nSPS) is 16.3. The summed E-state index contributed by atoms with van der Waals surface area (Å²) in [5, 5.41) is 8.03. The first-order chi connectivity index (χ1) is 13.8. The van der Waals surface area contributed by atoms with Gasteiger partial charge in [-0.25, -0.2) is 13.6 Å². The molecule has 6 nitrogen and oxygen atoms in total. The van der Waals surface area contributed by atoms with Gasteiger partial charge in [-0.1, -0.05) is 61.2 Å². The smallest absolute Gasteiger partial charge is 0.252 e. The predicted molar refractivity (Wildman–Crippen MR) is 114 cm³/mol. The molecule has 1 fully saturated rings. The minimum absolute atomic E-state index is 0.0141. The van der Waals surface area contributed by atoms with E-state index in [9.17, 15) is 17.4 Å². The maximum absolute atomic E-state index is 13.0. The van der Waals surface area contributed by atoms with Crippen LogP contribution in [0.2, 0.25) is 5.02 Å². The fraction of sp³-hybridized carbons (Fsp3) is 0.350. The minimum Gasteiger partial charge on any atom is -0.349 e. The van der Waals surface area contributed by atoms with Crippen LogP contribution in [0.5, 0.6) is 0 Å². The van der Waals surface area contributed by atoms with Crippen molar-refractivity contribution in [3.05, 3.63) is 58.6 Å².